The molecule has 0 unspecified atom stereocenters. The number of carbonyl (C=O) groups is 2. The number of benzene rings is 2. The van der Waals surface area contributed by atoms with Crippen LogP contribution in [0.1, 0.15) is 28.9 Å². The molecule has 4 aromatic rings. The van der Waals surface area contributed by atoms with Crippen molar-refractivity contribution in [2.75, 3.05) is 65.4 Å². The van der Waals surface area contributed by atoms with E-state index >= 15 is 4.39 Å². The first-order valence-corrected chi connectivity index (χ1v) is 15.0. The second kappa shape index (κ2) is 12.5. The lowest BCUT2D eigenvalue weighted by molar-refractivity contribution is -0.131. The van der Waals surface area contributed by atoms with Crippen LogP contribution < -0.4 is 15.0 Å². The molecule has 11 heteroatoms. The van der Waals surface area contributed by atoms with Gasteiger partial charge >= 0.3 is 0 Å². The monoisotopic (exact) mass is 599 g/mol. The molecule has 1 saturated heterocycles. The van der Waals surface area contributed by atoms with Crippen molar-refractivity contribution in [3.8, 4) is 16.9 Å². The number of rotatable bonds is 8. The number of fused-ring (bicyclic) bond motifs is 1. The Balaban J connectivity index is 1.40. The summed E-state index contributed by atoms with van der Waals surface area (Å²) in [6.45, 7) is 4.97. The zero-order chi connectivity index (χ0) is 30.8. The highest BCUT2D eigenvalue weighted by molar-refractivity contribution is 6.05. The van der Waals surface area contributed by atoms with E-state index in [0.29, 0.717) is 54.9 Å². The number of anilines is 1. The van der Waals surface area contributed by atoms with Crippen molar-refractivity contribution in [3.63, 3.8) is 0 Å². The lowest BCUT2D eigenvalue weighted by Crippen LogP contribution is -2.43. The molecule has 2 N–H and O–H groups in total. The Labute approximate surface area is 256 Å². The third-order valence-corrected chi connectivity index (χ3v) is 8.41. The Bertz CT molecular complexity index is 1700. The van der Waals surface area contributed by atoms with Crippen molar-refractivity contribution in [1.29, 1.82) is 0 Å². The molecular weight excluding hydrogens is 561 g/mol. The van der Waals surface area contributed by atoms with Gasteiger partial charge in [-0.2, -0.15) is 5.10 Å². The van der Waals surface area contributed by atoms with Gasteiger partial charge in [0.25, 0.3) is 5.91 Å². The van der Waals surface area contributed by atoms with Gasteiger partial charge in [-0.15, -0.1) is 0 Å². The zero-order valence-corrected chi connectivity index (χ0v) is 25.4. The molecule has 2 aliphatic heterocycles. The first-order chi connectivity index (χ1) is 21.3. The number of halogens is 1. The predicted molar refractivity (Wildman–Crippen MR) is 169 cm³/mol. The summed E-state index contributed by atoms with van der Waals surface area (Å²) < 4.78 is 24.1. The van der Waals surface area contributed by atoms with Crippen molar-refractivity contribution in [1.82, 2.24) is 29.9 Å². The lowest BCUT2D eigenvalue weighted by atomic mass is 9.92. The summed E-state index contributed by atoms with van der Waals surface area (Å²) in [5.74, 6) is -0.0404. The molecule has 2 aliphatic rings. The van der Waals surface area contributed by atoms with E-state index in [1.165, 1.54) is 4.90 Å². The summed E-state index contributed by atoms with van der Waals surface area (Å²) in [6.07, 6.45) is 6.45. The van der Waals surface area contributed by atoms with Crippen molar-refractivity contribution in [2.24, 2.45) is 0 Å². The molecule has 0 saturated carbocycles. The molecule has 1 fully saturated rings. The summed E-state index contributed by atoms with van der Waals surface area (Å²) >= 11 is 0. The van der Waals surface area contributed by atoms with Gasteiger partial charge in [0.05, 0.1) is 12.6 Å². The van der Waals surface area contributed by atoms with E-state index < -0.39 is 5.82 Å². The van der Waals surface area contributed by atoms with E-state index in [4.69, 9.17) is 4.74 Å². The number of hydrogen-bond acceptors (Lipinski definition) is 6. The number of nitrogens with one attached hydrogen (secondary N) is 2. The zero-order valence-electron chi connectivity index (χ0n) is 25.4. The van der Waals surface area contributed by atoms with Gasteiger partial charge in [0.1, 0.15) is 11.4 Å². The standard InChI is InChI=1S/C33H38FN7O3/c1-38(2)33(43)28-20-27-26(24-8-7-23(18-29(24)44-3)39-16-11-35-12-17-39)19-25(31(34)32(27)37-28)22-6-4-13-40(21-22)30(42)9-15-41-14-5-10-36-41/h5-8,10,14,18-20,35,37H,4,9,11-13,15-17,21H2,1-3H3. The fourth-order valence-electron chi connectivity index (χ4n) is 6.05. The van der Waals surface area contributed by atoms with Crippen LogP contribution in [0.4, 0.5) is 10.1 Å². The molecule has 0 radical (unpaired) electrons. The summed E-state index contributed by atoms with van der Waals surface area (Å²) in [5.41, 5.74) is 4.28. The minimum Gasteiger partial charge on any atom is -0.496 e. The largest absolute Gasteiger partial charge is 0.496 e. The third-order valence-electron chi connectivity index (χ3n) is 8.41. The summed E-state index contributed by atoms with van der Waals surface area (Å²) in [5, 5.41) is 8.15. The number of hydrogen-bond donors (Lipinski definition) is 2. The first-order valence-electron chi connectivity index (χ1n) is 15.0. The van der Waals surface area contributed by atoms with Crippen LogP contribution in [0, 0.1) is 5.82 Å². The Morgan fingerprint density at radius 3 is 2.61 bits per heavy atom. The topological polar surface area (TPSA) is 98.7 Å². The molecular formula is C33H38FN7O3. The molecule has 0 spiro atoms. The number of carbonyl (C=O) groups excluding carboxylic acids is 2. The van der Waals surface area contributed by atoms with Gasteiger partial charge in [-0.25, -0.2) is 4.39 Å². The quantitative estimate of drug-likeness (QED) is 0.318. The van der Waals surface area contributed by atoms with E-state index in [-0.39, 0.29) is 17.3 Å². The molecule has 2 aromatic carbocycles. The fraction of sp³-hybridized carbons (Fsp3) is 0.364. The highest BCUT2D eigenvalue weighted by Crippen LogP contribution is 2.41. The van der Waals surface area contributed by atoms with Gasteiger partial charge in [-0.05, 0) is 47.9 Å². The summed E-state index contributed by atoms with van der Waals surface area (Å²) in [6, 6.07) is 11.5. The van der Waals surface area contributed by atoms with Gasteiger partial charge < -0.3 is 29.7 Å². The number of methoxy groups -OCH3 is 1. The normalized spacial score (nSPS) is 15.4. The lowest BCUT2D eigenvalue weighted by Gasteiger charge is -2.30. The van der Waals surface area contributed by atoms with Crippen LogP contribution in [0.5, 0.6) is 5.75 Å². The second-order valence-electron chi connectivity index (χ2n) is 11.4. The molecule has 10 nitrogen and oxygen atoms in total. The molecule has 44 heavy (non-hydrogen) atoms. The van der Waals surface area contributed by atoms with Gasteiger partial charge in [-0.1, -0.05) is 6.08 Å². The van der Waals surface area contributed by atoms with E-state index in [9.17, 15) is 9.59 Å². The van der Waals surface area contributed by atoms with Crippen molar-refractivity contribution in [3.05, 3.63) is 71.9 Å². The predicted octanol–water partition coefficient (Wildman–Crippen LogP) is 4.00. The fourth-order valence-corrected chi connectivity index (χ4v) is 6.05. The van der Waals surface area contributed by atoms with Crippen LogP contribution in [0.2, 0.25) is 0 Å². The minimum absolute atomic E-state index is 0.00304. The molecule has 2 aromatic heterocycles. The second-order valence-corrected chi connectivity index (χ2v) is 11.4. The average Bonchev–Trinajstić information content (AvgIpc) is 3.75. The van der Waals surface area contributed by atoms with Gasteiger partial charge in [-0.3, -0.25) is 14.3 Å². The Morgan fingerprint density at radius 1 is 1.07 bits per heavy atom. The summed E-state index contributed by atoms with van der Waals surface area (Å²) in [4.78, 5) is 34.7. The maximum atomic E-state index is 16.4. The number of H-pyrrole nitrogens is 1. The number of ether oxygens (including phenoxy) is 1. The van der Waals surface area contributed by atoms with E-state index in [2.05, 4.69) is 26.4 Å². The maximum Gasteiger partial charge on any atom is 0.269 e. The Morgan fingerprint density at radius 2 is 1.89 bits per heavy atom. The third kappa shape index (κ3) is 5.79. The van der Waals surface area contributed by atoms with E-state index in [0.717, 1.165) is 48.6 Å². The van der Waals surface area contributed by atoms with Gasteiger partial charge in [0, 0.05) is 107 Å². The van der Waals surface area contributed by atoms with Gasteiger partial charge in [0.15, 0.2) is 5.82 Å². The highest BCUT2D eigenvalue weighted by Gasteiger charge is 2.26. The SMILES string of the molecule is COc1cc(N2CCNCC2)ccc1-c1cc(C2=CCCN(C(=O)CCn3cccn3)C2)c(F)c2[nH]c(C(=O)N(C)C)cc12. The summed E-state index contributed by atoms with van der Waals surface area (Å²) in [7, 11) is 4.97. The number of aryl methyl sites for hydroxylation is 1. The molecule has 2 amide bonds. The van der Waals surface area contributed by atoms with Crippen molar-refractivity contribution >= 4 is 34.0 Å². The average molecular weight is 600 g/mol. The number of piperazine rings is 1. The van der Waals surface area contributed by atoms with Crippen molar-refractivity contribution in [2.45, 2.75) is 19.4 Å². The first kappa shape index (κ1) is 29.4. The maximum absolute atomic E-state index is 16.4. The molecule has 6 rings (SSSR count). The number of nitrogens with zero attached hydrogens (tertiary/aromatic N) is 5. The van der Waals surface area contributed by atoms with E-state index in [1.807, 2.05) is 36.5 Å². The molecule has 0 atom stereocenters. The van der Waals surface area contributed by atoms with Gasteiger partial charge in [0.2, 0.25) is 5.91 Å². The van der Waals surface area contributed by atoms with Crippen LogP contribution in [0.25, 0.3) is 27.6 Å². The van der Waals surface area contributed by atoms with Crippen LogP contribution in [-0.2, 0) is 11.3 Å². The van der Waals surface area contributed by atoms with Crippen LogP contribution >= 0.6 is 0 Å². The molecule has 230 valence electrons. The highest BCUT2D eigenvalue weighted by atomic mass is 19.1. The van der Waals surface area contributed by atoms with Crippen molar-refractivity contribution < 1.29 is 18.7 Å². The Hall–Kier alpha value is -4.64. The number of aromatic nitrogens is 3. The smallest absolute Gasteiger partial charge is 0.269 e. The Kier molecular flexibility index (Phi) is 8.38. The molecule has 0 aliphatic carbocycles. The minimum atomic E-state index is -0.449. The molecule has 0 bridgehead atoms. The number of aromatic amines is 1. The van der Waals surface area contributed by atoms with Crippen LogP contribution in [-0.4, -0.2) is 96.9 Å². The van der Waals surface area contributed by atoms with E-state index in [1.54, 1.807) is 43.1 Å². The number of amides is 2. The molecule has 4 heterocycles. The van der Waals surface area contributed by atoms with Crippen LogP contribution in [0.3, 0.4) is 0 Å². The van der Waals surface area contributed by atoms with Crippen LogP contribution in [0.15, 0.2) is 54.9 Å².